The van der Waals surface area contributed by atoms with Crippen LogP contribution < -0.4 is 0 Å². The van der Waals surface area contributed by atoms with Gasteiger partial charge in [0.15, 0.2) is 17.4 Å². The maximum absolute atomic E-state index is 0. The van der Waals surface area contributed by atoms with Crippen molar-refractivity contribution < 1.29 is 28.2 Å². The van der Waals surface area contributed by atoms with E-state index in [0.29, 0.717) is 0 Å². The predicted molar refractivity (Wildman–Crippen MR) is 32.1 cm³/mol. The third-order valence-electron chi connectivity index (χ3n) is 0. The van der Waals surface area contributed by atoms with Crippen LogP contribution in [0.2, 0.25) is 0 Å². The van der Waals surface area contributed by atoms with Gasteiger partial charge < -0.3 is 0 Å². The Morgan fingerprint density at radius 2 is 0.375 bits per heavy atom. The Balaban J connectivity index is 0. The molecule has 0 radical (unpaired) electrons. The predicted octanol–water partition coefficient (Wildman–Crippen LogP) is -0.917. The molecule has 0 aliphatic carbocycles. The fourth-order valence-corrected chi connectivity index (χ4v) is 0. The molecule has 0 spiro atoms. The first-order chi connectivity index (χ1) is 0. The van der Waals surface area contributed by atoms with Crippen LogP contribution in [0.15, 0.2) is 0 Å². The fourth-order valence-electron chi connectivity index (χ4n) is 0. The molecule has 0 aliphatic rings. The SMILES string of the molecule is F.F.F.F.F.F.[AlH3].[KH]. The summed E-state index contributed by atoms with van der Waals surface area (Å²) >= 11 is 0. The van der Waals surface area contributed by atoms with Crippen molar-refractivity contribution in [1.82, 2.24) is 0 Å². The molecule has 0 N–H and O–H groups in total. The van der Waals surface area contributed by atoms with Gasteiger partial charge in [-0.1, -0.05) is 0 Å². The van der Waals surface area contributed by atoms with Gasteiger partial charge in [-0.3, -0.25) is 28.2 Å². The van der Waals surface area contributed by atoms with E-state index in [1.165, 1.54) is 0 Å². The van der Waals surface area contributed by atoms with Crippen molar-refractivity contribution in [2.75, 3.05) is 0 Å². The quantitative estimate of drug-likeness (QED) is 0.342. The Morgan fingerprint density at radius 1 is 0.375 bits per heavy atom. The van der Waals surface area contributed by atoms with Crippen LogP contribution in [0.1, 0.15) is 0 Å². The van der Waals surface area contributed by atoms with Gasteiger partial charge in [0.1, 0.15) is 0 Å². The van der Waals surface area contributed by atoms with E-state index in [4.69, 9.17) is 0 Å². The summed E-state index contributed by atoms with van der Waals surface area (Å²) in [5.41, 5.74) is 0. The topological polar surface area (TPSA) is 0 Å². The van der Waals surface area contributed by atoms with Crippen LogP contribution in [-0.4, -0.2) is 68.7 Å². The van der Waals surface area contributed by atoms with Gasteiger partial charge >= 0.3 is 51.4 Å². The summed E-state index contributed by atoms with van der Waals surface area (Å²) in [6.07, 6.45) is 0. The molecule has 56 valence electrons. The minimum absolute atomic E-state index is 0. The Kier molecular flexibility index (Phi) is 5240. The van der Waals surface area contributed by atoms with Crippen LogP contribution in [0.4, 0.5) is 28.2 Å². The second kappa shape index (κ2) is 172. The van der Waals surface area contributed by atoms with Crippen LogP contribution in [-0.2, 0) is 0 Å². The van der Waals surface area contributed by atoms with Crippen LogP contribution in [0.3, 0.4) is 0 Å². The van der Waals surface area contributed by atoms with E-state index in [1.807, 2.05) is 0 Å². The Bertz CT molecular complexity index is 8.49. The normalized spacial score (nSPS) is 0. The molecule has 0 rings (SSSR count). The zero-order valence-electron chi connectivity index (χ0n) is 2.45. The average Bonchev–Trinajstić information content (AvgIpc) is 0. The number of halogens is 6. The van der Waals surface area contributed by atoms with E-state index in [1.54, 1.807) is 0 Å². The van der Waals surface area contributed by atoms with Crippen molar-refractivity contribution >= 4 is 68.7 Å². The standard InChI is InChI=1S/Al.6FH.K.4H/h;6*1H;;;;;. The second-order valence-electron chi connectivity index (χ2n) is 0. The maximum atomic E-state index is 0. The number of hydrogen-bond donors (Lipinski definition) is 0. The second-order valence-corrected chi connectivity index (χ2v) is 0. The first kappa shape index (κ1) is 244. The summed E-state index contributed by atoms with van der Waals surface area (Å²) in [6, 6.07) is 0. The van der Waals surface area contributed by atoms with E-state index in [0.717, 1.165) is 0 Å². The molecule has 8 heavy (non-hydrogen) atoms. The van der Waals surface area contributed by atoms with Crippen molar-refractivity contribution in [1.29, 1.82) is 0 Å². The van der Waals surface area contributed by atoms with Gasteiger partial charge in [-0.15, -0.1) is 0 Å². The molecule has 0 saturated carbocycles. The molecule has 0 atom stereocenters. The molecular formula is H10AlF6K. The van der Waals surface area contributed by atoms with Crippen molar-refractivity contribution in [3.05, 3.63) is 0 Å². The fraction of sp³-hybridized carbons (Fsp3) is 0. The third-order valence-corrected chi connectivity index (χ3v) is 0. The zero-order valence-corrected chi connectivity index (χ0v) is 2.45. The molecule has 0 fully saturated rings. The van der Waals surface area contributed by atoms with Gasteiger partial charge in [-0.2, -0.15) is 0 Å². The Hall–Kier alpha value is 1.75. The monoisotopic (exact) mass is 190 g/mol. The van der Waals surface area contributed by atoms with Crippen molar-refractivity contribution in [2.45, 2.75) is 0 Å². The summed E-state index contributed by atoms with van der Waals surface area (Å²) in [7, 11) is 0. The summed E-state index contributed by atoms with van der Waals surface area (Å²) < 4.78 is 0. The van der Waals surface area contributed by atoms with Crippen molar-refractivity contribution in [2.24, 2.45) is 0 Å². The summed E-state index contributed by atoms with van der Waals surface area (Å²) in [4.78, 5) is 0. The van der Waals surface area contributed by atoms with Crippen molar-refractivity contribution in [3.8, 4) is 0 Å². The molecule has 8 heteroatoms. The van der Waals surface area contributed by atoms with Gasteiger partial charge in [0, 0.05) is 0 Å². The summed E-state index contributed by atoms with van der Waals surface area (Å²) in [6.45, 7) is 0. The molecule has 0 aliphatic heterocycles. The van der Waals surface area contributed by atoms with E-state index in [2.05, 4.69) is 0 Å². The van der Waals surface area contributed by atoms with Gasteiger partial charge in [0.25, 0.3) is 0 Å². The molecule has 0 aromatic carbocycles. The van der Waals surface area contributed by atoms with E-state index in [-0.39, 0.29) is 97.0 Å². The molecule has 0 unspecified atom stereocenters. The molecule has 0 amide bonds. The first-order valence-electron chi connectivity index (χ1n) is 0. The van der Waals surface area contributed by atoms with Gasteiger partial charge in [-0.25, -0.2) is 0 Å². The number of hydrogen-bond acceptors (Lipinski definition) is 0. The summed E-state index contributed by atoms with van der Waals surface area (Å²) in [5, 5.41) is 0. The Morgan fingerprint density at radius 3 is 0.375 bits per heavy atom. The van der Waals surface area contributed by atoms with E-state index >= 15 is 0 Å². The molecule has 0 saturated heterocycles. The van der Waals surface area contributed by atoms with Crippen molar-refractivity contribution in [3.63, 3.8) is 0 Å². The minimum atomic E-state index is 0. The Labute approximate surface area is 95.5 Å². The number of rotatable bonds is 0. The van der Waals surface area contributed by atoms with E-state index in [9.17, 15) is 0 Å². The van der Waals surface area contributed by atoms with Crippen LogP contribution in [0.25, 0.3) is 0 Å². The van der Waals surface area contributed by atoms with Gasteiger partial charge in [0.2, 0.25) is 0 Å². The third kappa shape index (κ3) is 115. The average molecular weight is 190 g/mol. The van der Waals surface area contributed by atoms with E-state index < -0.39 is 0 Å². The van der Waals surface area contributed by atoms with Gasteiger partial charge in [-0.05, 0) is 0 Å². The molecule has 0 aromatic heterocycles. The first-order valence-corrected chi connectivity index (χ1v) is 0. The molecule has 0 aromatic rings. The van der Waals surface area contributed by atoms with Crippen LogP contribution in [0.5, 0.6) is 0 Å². The van der Waals surface area contributed by atoms with Crippen LogP contribution >= 0.6 is 0 Å². The molecular weight excluding hydrogens is 180 g/mol. The van der Waals surface area contributed by atoms with Gasteiger partial charge in [0.05, 0.1) is 0 Å². The molecule has 0 nitrogen and oxygen atoms in total. The molecule has 0 bridgehead atoms. The summed E-state index contributed by atoms with van der Waals surface area (Å²) in [5.74, 6) is 0. The van der Waals surface area contributed by atoms with Crippen LogP contribution in [0, 0.1) is 0 Å². The zero-order chi connectivity index (χ0) is 0. The molecule has 0 heterocycles.